The predicted molar refractivity (Wildman–Crippen MR) is 94.7 cm³/mol. The number of fused-ring (bicyclic) bond motifs is 1. The molecule has 0 fully saturated rings. The Balaban J connectivity index is 1.38. The topological polar surface area (TPSA) is 102 Å². The van der Waals surface area contributed by atoms with Crippen LogP contribution in [0.25, 0.3) is 0 Å². The van der Waals surface area contributed by atoms with Gasteiger partial charge in [-0.3, -0.25) is 19.3 Å². The highest BCUT2D eigenvalue weighted by molar-refractivity contribution is 7.07. The van der Waals surface area contributed by atoms with Crippen LogP contribution in [0.2, 0.25) is 0 Å². The van der Waals surface area contributed by atoms with Gasteiger partial charge in [-0.2, -0.15) is 5.10 Å². The number of hydrogen-bond donors (Lipinski definition) is 2. The summed E-state index contributed by atoms with van der Waals surface area (Å²) in [4.78, 5) is 32.6. The van der Waals surface area contributed by atoms with E-state index >= 15 is 0 Å². The van der Waals surface area contributed by atoms with Gasteiger partial charge in [-0.1, -0.05) is 6.07 Å². The lowest BCUT2D eigenvalue weighted by molar-refractivity contribution is 0.0930. The van der Waals surface area contributed by atoms with Crippen LogP contribution in [-0.2, 0) is 19.5 Å². The monoisotopic (exact) mass is 368 g/mol. The number of hydrogen-bond acceptors (Lipinski definition) is 6. The maximum atomic E-state index is 12.5. The second kappa shape index (κ2) is 7.04. The van der Waals surface area contributed by atoms with E-state index in [2.05, 4.69) is 25.7 Å². The van der Waals surface area contributed by atoms with E-state index < -0.39 is 0 Å². The molecule has 1 aliphatic rings. The van der Waals surface area contributed by atoms with Gasteiger partial charge in [0.25, 0.3) is 11.8 Å². The molecule has 0 spiro atoms. The van der Waals surface area contributed by atoms with Crippen LogP contribution >= 0.6 is 11.3 Å². The van der Waals surface area contributed by atoms with Crippen LogP contribution in [-0.4, -0.2) is 37.6 Å². The van der Waals surface area contributed by atoms with Crippen molar-refractivity contribution in [3.63, 3.8) is 0 Å². The Bertz CT molecular complexity index is 922. The molecule has 0 unspecified atom stereocenters. The number of carbonyl (C=O) groups excluding carboxylic acids is 2. The molecule has 26 heavy (non-hydrogen) atoms. The minimum absolute atomic E-state index is 0.0993. The first-order valence-corrected chi connectivity index (χ1v) is 9.06. The summed E-state index contributed by atoms with van der Waals surface area (Å²) in [5, 5.41) is 11.8. The molecule has 0 bridgehead atoms. The smallest absolute Gasteiger partial charge is 0.271 e. The van der Waals surface area contributed by atoms with Crippen LogP contribution < -0.4 is 10.6 Å². The number of pyridine rings is 1. The van der Waals surface area contributed by atoms with Crippen molar-refractivity contribution < 1.29 is 9.59 Å². The second-order valence-electron chi connectivity index (χ2n) is 5.98. The molecule has 3 aromatic rings. The fourth-order valence-corrected chi connectivity index (χ4v) is 3.47. The van der Waals surface area contributed by atoms with Gasteiger partial charge in [0.05, 0.1) is 35.6 Å². The minimum Gasteiger partial charge on any atom is -0.348 e. The molecule has 4 heterocycles. The van der Waals surface area contributed by atoms with Crippen molar-refractivity contribution in [3.05, 3.63) is 64.1 Å². The van der Waals surface area contributed by atoms with Crippen molar-refractivity contribution in [1.29, 1.82) is 0 Å². The summed E-state index contributed by atoms with van der Waals surface area (Å²) in [6.07, 6.45) is 5.54. The van der Waals surface area contributed by atoms with E-state index in [0.717, 1.165) is 11.3 Å². The van der Waals surface area contributed by atoms with Crippen LogP contribution in [0.15, 0.2) is 41.6 Å². The second-order valence-corrected chi connectivity index (χ2v) is 6.70. The molecule has 1 aliphatic heterocycles. The first-order valence-electron chi connectivity index (χ1n) is 8.11. The number of nitrogens with one attached hydrogen (secondary N) is 2. The van der Waals surface area contributed by atoms with Gasteiger partial charge in [0.15, 0.2) is 0 Å². The van der Waals surface area contributed by atoms with Crippen LogP contribution in [0.1, 0.15) is 32.1 Å². The van der Waals surface area contributed by atoms with Crippen LogP contribution in [0.5, 0.6) is 0 Å². The normalized spacial score (nSPS) is 15.5. The fraction of sp³-hybridized carbons (Fsp3) is 0.235. The number of thiazole rings is 1. The zero-order valence-electron chi connectivity index (χ0n) is 13.8. The summed E-state index contributed by atoms with van der Waals surface area (Å²) in [6.45, 7) is 0.947. The molecular weight excluding hydrogens is 352 g/mol. The summed E-state index contributed by atoms with van der Waals surface area (Å²) in [6, 6.07) is 3.63. The van der Waals surface area contributed by atoms with Gasteiger partial charge in [-0.05, 0) is 11.6 Å². The Hall–Kier alpha value is -3.07. The third-order valence-corrected chi connectivity index (χ3v) is 4.79. The van der Waals surface area contributed by atoms with E-state index in [9.17, 15) is 9.59 Å². The molecule has 2 N–H and O–H groups in total. The number of rotatable bonds is 5. The highest BCUT2D eigenvalue weighted by atomic mass is 32.1. The molecule has 4 rings (SSSR count). The maximum Gasteiger partial charge on any atom is 0.271 e. The first kappa shape index (κ1) is 16.4. The Morgan fingerprint density at radius 3 is 3.00 bits per heavy atom. The summed E-state index contributed by atoms with van der Waals surface area (Å²) in [7, 11) is 0. The molecule has 3 aromatic heterocycles. The quantitative estimate of drug-likeness (QED) is 0.700. The van der Waals surface area contributed by atoms with Gasteiger partial charge in [-0.25, -0.2) is 4.98 Å². The first-order chi connectivity index (χ1) is 12.7. The summed E-state index contributed by atoms with van der Waals surface area (Å²) in [5.74, 6) is -0.383. The molecule has 0 radical (unpaired) electrons. The SMILES string of the molecule is O=C(N[C@H]1Cc2c(C(=O)NCc3cccnc3)cnn2C1)c1cscn1. The van der Waals surface area contributed by atoms with E-state index in [0.29, 0.717) is 30.8 Å². The van der Waals surface area contributed by atoms with Crippen LogP contribution in [0, 0.1) is 0 Å². The van der Waals surface area contributed by atoms with E-state index in [1.165, 1.54) is 11.3 Å². The largest absolute Gasteiger partial charge is 0.348 e. The third kappa shape index (κ3) is 3.33. The van der Waals surface area contributed by atoms with Crippen molar-refractivity contribution in [2.75, 3.05) is 0 Å². The highest BCUT2D eigenvalue weighted by Gasteiger charge is 2.29. The fourth-order valence-electron chi connectivity index (χ4n) is 2.94. The molecular formula is C17H16N6O2S. The summed E-state index contributed by atoms with van der Waals surface area (Å²) >= 11 is 1.38. The average Bonchev–Trinajstić information content (AvgIpc) is 3.37. The predicted octanol–water partition coefficient (Wildman–Crippen LogP) is 1.02. The standard InChI is InChI=1S/C17H16N6O2S/c24-16(19-6-11-2-1-3-18-5-11)13-7-21-23-8-12(4-15(13)23)22-17(25)14-9-26-10-20-14/h1-3,5,7,9-10,12H,4,6,8H2,(H,19,24)(H,22,25)/t12-/m0/s1. The molecule has 0 saturated carbocycles. The van der Waals surface area contributed by atoms with Gasteiger partial charge in [0.1, 0.15) is 5.69 Å². The molecule has 0 saturated heterocycles. The lowest BCUT2D eigenvalue weighted by atomic mass is 10.1. The molecule has 0 aliphatic carbocycles. The van der Waals surface area contributed by atoms with E-state index in [1.807, 2.05) is 12.1 Å². The van der Waals surface area contributed by atoms with Crippen molar-refractivity contribution >= 4 is 23.2 Å². The number of carbonyl (C=O) groups is 2. The maximum absolute atomic E-state index is 12.5. The zero-order valence-corrected chi connectivity index (χ0v) is 14.6. The Labute approximate surface area is 153 Å². The highest BCUT2D eigenvalue weighted by Crippen LogP contribution is 2.19. The lowest BCUT2D eigenvalue weighted by Crippen LogP contribution is -2.36. The number of nitrogens with zero attached hydrogens (tertiary/aromatic N) is 4. The van der Waals surface area contributed by atoms with Crippen molar-refractivity contribution in [2.24, 2.45) is 0 Å². The molecule has 8 nitrogen and oxygen atoms in total. The molecule has 132 valence electrons. The summed E-state index contributed by atoms with van der Waals surface area (Å²) in [5.41, 5.74) is 4.34. The van der Waals surface area contributed by atoms with Gasteiger partial charge >= 0.3 is 0 Å². The van der Waals surface area contributed by atoms with Crippen molar-refractivity contribution in [3.8, 4) is 0 Å². The van der Waals surface area contributed by atoms with E-state index in [4.69, 9.17) is 0 Å². The average molecular weight is 368 g/mol. The zero-order chi connectivity index (χ0) is 17.9. The number of aromatic nitrogens is 4. The summed E-state index contributed by atoms with van der Waals surface area (Å²) < 4.78 is 1.77. The number of amides is 2. The van der Waals surface area contributed by atoms with Gasteiger partial charge < -0.3 is 10.6 Å². The van der Waals surface area contributed by atoms with Gasteiger partial charge in [-0.15, -0.1) is 11.3 Å². The van der Waals surface area contributed by atoms with Gasteiger partial charge in [0, 0.05) is 30.7 Å². The Kier molecular flexibility index (Phi) is 4.44. The Morgan fingerprint density at radius 2 is 2.23 bits per heavy atom. The molecule has 9 heteroatoms. The van der Waals surface area contributed by atoms with Crippen LogP contribution in [0.3, 0.4) is 0 Å². The minimum atomic E-state index is -0.204. The van der Waals surface area contributed by atoms with E-state index in [-0.39, 0.29) is 17.9 Å². The molecule has 2 amide bonds. The van der Waals surface area contributed by atoms with Gasteiger partial charge in [0.2, 0.25) is 0 Å². The molecule has 1 atom stereocenters. The third-order valence-electron chi connectivity index (χ3n) is 4.20. The van der Waals surface area contributed by atoms with Crippen LogP contribution in [0.4, 0.5) is 0 Å². The molecule has 0 aromatic carbocycles. The lowest BCUT2D eigenvalue weighted by Gasteiger charge is -2.10. The van der Waals surface area contributed by atoms with Crippen molar-refractivity contribution in [1.82, 2.24) is 30.4 Å². The van der Waals surface area contributed by atoms with Crippen molar-refractivity contribution in [2.45, 2.75) is 25.6 Å². The van der Waals surface area contributed by atoms with E-state index in [1.54, 1.807) is 34.2 Å². The Morgan fingerprint density at radius 1 is 1.31 bits per heavy atom.